The van der Waals surface area contributed by atoms with Crippen molar-refractivity contribution in [3.63, 3.8) is 0 Å². The molecule has 2 aromatic carbocycles. The molecule has 0 saturated carbocycles. The number of nitrogens with two attached hydrogens (primary N) is 1. The number of rotatable bonds is 9. The molecule has 9 heteroatoms. The van der Waals surface area contributed by atoms with E-state index in [2.05, 4.69) is 0 Å². The van der Waals surface area contributed by atoms with Crippen LogP contribution in [0.15, 0.2) is 53.4 Å². The van der Waals surface area contributed by atoms with Gasteiger partial charge in [0, 0.05) is 24.7 Å². The van der Waals surface area contributed by atoms with E-state index in [1.807, 2.05) is 18.2 Å². The summed E-state index contributed by atoms with van der Waals surface area (Å²) in [6, 6.07) is 13.9. The molecule has 7 nitrogen and oxygen atoms in total. The molecule has 1 saturated heterocycles. The maximum Gasteiger partial charge on any atom is 0.278 e. The molecule has 3 rings (SSSR count). The van der Waals surface area contributed by atoms with E-state index in [1.54, 1.807) is 35.3 Å². The van der Waals surface area contributed by atoms with Gasteiger partial charge in [0.15, 0.2) is 0 Å². The highest BCUT2D eigenvalue weighted by atomic mass is 35.5. The lowest BCUT2D eigenvalue weighted by Crippen LogP contribution is -2.51. The largest absolute Gasteiger partial charge is 0.380 e. The maximum atomic E-state index is 13.8. The van der Waals surface area contributed by atoms with Crippen LogP contribution in [0.4, 0.5) is 5.69 Å². The molecule has 0 radical (unpaired) electrons. The Morgan fingerprint density at radius 1 is 1.10 bits per heavy atom. The van der Waals surface area contributed by atoms with Crippen LogP contribution in [-0.4, -0.2) is 59.5 Å². The number of hydrogen-bond donors (Lipinski definition) is 1. The lowest BCUT2D eigenvalue weighted by molar-refractivity contribution is 0.0409. The average molecular weight is 440 g/mol. The van der Waals surface area contributed by atoms with Crippen LogP contribution in [0.1, 0.15) is 5.56 Å². The summed E-state index contributed by atoms with van der Waals surface area (Å²) in [5, 5.41) is 2.28. The summed E-state index contributed by atoms with van der Waals surface area (Å²) in [4.78, 5) is 0.216. The van der Waals surface area contributed by atoms with Gasteiger partial charge in [-0.25, -0.2) is 5.01 Å². The Balaban J connectivity index is 1.99. The molecule has 0 aliphatic carbocycles. The molecule has 1 aliphatic heterocycles. The highest BCUT2D eigenvalue weighted by Gasteiger charge is 2.33. The minimum atomic E-state index is -3.88. The summed E-state index contributed by atoms with van der Waals surface area (Å²) in [7, 11) is -3.88. The molecule has 0 atom stereocenters. The van der Waals surface area contributed by atoms with Gasteiger partial charge in [-0.3, -0.25) is 0 Å². The van der Waals surface area contributed by atoms with Crippen LogP contribution in [0.25, 0.3) is 0 Å². The second-order valence-electron chi connectivity index (χ2n) is 6.55. The fourth-order valence-electron chi connectivity index (χ4n) is 3.20. The van der Waals surface area contributed by atoms with Gasteiger partial charge in [-0.1, -0.05) is 29.8 Å². The predicted octanol–water partition coefficient (Wildman–Crippen LogP) is 2.30. The van der Waals surface area contributed by atoms with E-state index in [0.717, 1.165) is 0 Å². The number of benzene rings is 2. The number of ether oxygens (including phenoxy) is 2. The molecule has 29 heavy (non-hydrogen) atoms. The quantitative estimate of drug-likeness (QED) is 0.603. The molecule has 0 aromatic heterocycles. The number of sulfonamides is 1. The van der Waals surface area contributed by atoms with Crippen molar-refractivity contribution in [1.29, 1.82) is 0 Å². The minimum Gasteiger partial charge on any atom is -0.380 e. The second kappa shape index (κ2) is 10.4. The molecule has 0 spiro atoms. The van der Waals surface area contributed by atoms with E-state index >= 15 is 0 Å². The van der Waals surface area contributed by atoms with Gasteiger partial charge < -0.3 is 15.2 Å². The number of hydrogen-bond acceptors (Lipinski definition) is 6. The van der Waals surface area contributed by atoms with Crippen LogP contribution in [0.3, 0.4) is 0 Å². The third-order valence-corrected chi connectivity index (χ3v) is 6.61. The molecular formula is C20H26ClN3O4S. The average Bonchev–Trinajstić information content (AvgIpc) is 2.73. The van der Waals surface area contributed by atoms with Crippen LogP contribution in [-0.2, 0) is 25.9 Å². The highest BCUT2D eigenvalue weighted by molar-refractivity contribution is 7.92. The zero-order valence-electron chi connectivity index (χ0n) is 16.2. The van der Waals surface area contributed by atoms with Crippen LogP contribution in [0.2, 0.25) is 5.02 Å². The van der Waals surface area contributed by atoms with Gasteiger partial charge in [0.2, 0.25) is 0 Å². The van der Waals surface area contributed by atoms with Crippen molar-refractivity contribution in [2.45, 2.75) is 11.3 Å². The van der Waals surface area contributed by atoms with E-state index < -0.39 is 10.0 Å². The Labute approximate surface area is 177 Å². The first-order valence-corrected chi connectivity index (χ1v) is 11.3. The van der Waals surface area contributed by atoms with Crippen molar-refractivity contribution in [3.05, 3.63) is 59.1 Å². The summed E-state index contributed by atoms with van der Waals surface area (Å²) in [6.07, 6.45) is 0.418. The van der Waals surface area contributed by atoms with E-state index in [9.17, 15) is 8.42 Å². The standard InChI is InChI=1S/C20H26ClN3O4S/c21-18-6-7-20(17(16-18)8-12-27-13-9-22)29(25,26)24(19-4-2-1-3-5-19)23-10-14-28-15-11-23/h1-7,16H,8-15,22H2. The molecule has 0 bridgehead atoms. The van der Waals surface area contributed by atoms with Crippen molar-refractivity contribution in [2.24, 2.45) is 5.73 Å². The number of para-hydroxylation sites is 1. The number of morpholine rings is 1. The van der Waals surface area contributed by atoms with Crippen molar-refractivity contribution in [2.75, 3.05) is 50.5 Å². The summed E-state index contributed by atoms with van der Waals surface area (Å²) < 4.78 is 39.8. The van der Waals surface area contributed by atoms with Crippen molar-refractivity contribution in [3.8, 4) is 0 Å². The van der Waals surface area contributed by atoms with E-state index in [0.29, 0.717) is 68.8 Å². The Morgan fingerprint density at radius 3 is 2.52 bits per heavy atom. The van der Waals surface area contributed by atoms with Gasteiger partial charge in [0.25, 0.3) is 10.0 Å². The first kappa shape index (κ1) is 22.0. The summed E-state index contributed by atoms with van der Waals surface area (Å²) >= 11 is 6.16. The number of nitrogens with zero attached hydrogens (tertiary/aromatic N) is 2. The first-order valence-electron chi connectivity index (χ1n) is 9.53. The predicted molar refractivity (Wildman–Crippen MR) is 114 cm³/mol. The number of halogens is 1. The zero-order chi connectivity index (χ0) is 20.7. The monoisotopic (exact) mass is 439 g/mol. The van der Waals surface area contributed by atoms with Gasteiger partial charge in [-0.2, -0.15) is 12.8 Å². The summed E-state index contributed by atoms with van der Waals surface area (Å²) in [6.45, 7) is 3.11. The molecule has 0 unspecified atom stereocenters. The molecule has 1 heterocycles. The van der Waals surface area contributed by atoms with Crippen molar-refractivity contribution in [1.82, 2.24) is 5.01 Å². The molecule has 0 amide bonds. The first-order chi connectivity index (χ1) is 14.0. The molecule has 1 fully saturated rings. The maximum absolute atomic E-state index is 13.8. The summed E-state index contributed by atoms with van der Waals surface area (Å²) in [5.41, 5.74) is 6.65. The van der Waals surface area contributed by atoms with Crippen molar-refractivity contribution >= 4 is 27.3 Å². The Morgan fingerprint density at radius 2 is 1.83 bits per heavy atom. The Bertz CT molecular complexity index is 890. The van der Waals surface area contributed by atoms with E-state index in [1.165, 1.54) is 4.41 Å². The fraction of sp³-hybridized carbons (Fsp3) is 0.400. The third-order valence-electron chi connectivity index (χ3n) is 4.53. The van der Waals surface area contributed by atoms with Gasteiger partial charge >= 0.3 is 0 Å². The van der Waals surface area contributed by atoms with Crippen LogP contribution in [0, 0.1) is 0 Å². The molecular weight excluding hydrogens is 414 g/mol. The SMILES string of the molecule is NCCOCCc1cc(Cl)ccc1S(=O)(=O)N(c1ccccc1)N1CCOCC1. The van der Waals surface area contributed by atoms with Crippen LogP contribution >= 0.6 is 11.6 Å². The van der Waals surface area contributed by atoms with Crippen LogP contribution < -0.4 is 10.1 Å². The van der Waals surface area contributed by atoms with E-state index in [4.69, 9.17) is 26.8 Å². The molecule has 2 N–H and O–H groups in total. The van der Waals surface area contributed by atoms with Crippen LogP contribution in [0.5, 0.6) is 0 Å². The second-order valence-corrected chi connectivity index (χ2v) is 8.72. The highest BCUT2D eigenvalue weighted by Crippen LogP contribution is 2.30. The van der Waals surface area contributed by atoms with Gasteiger partial charge in [0.05, 0.1) is 37.0 Å². The van der Waals surface area contributed by atoms with Gasteiger partial charge in [-0.15, -0.1) is 0 Å². The van der Waals surface area contributed by atoms with Gasteiger partial charge in [0.1, 0.15) is 0 Å². The lowest BCUT2D eigenvalue weighted by Gasteiger charge is -2.38. The zero-order valence-corrected chi connectivity index (χ0v) is 17.7. The normalized spacial score (nSPS) is 15.4. The smallest absolute Gasteiger partial charge is 0.278 e. The fourth-order valence-corrected chi connectivity index (χ4v) is 5.18. The van der Waals surface area contributed by atoms with Crippen molar-refractivity contribution < 1.29 is 17.9 Å². The van der Waals surface area contributed by atoms with Gasteiger partial charge in [-0.05, 0) is 42.3 Å². The lowest BCUT2D eigenvalue weighted by atomic mass is 10.1. The summed E-state index contributed by atoms with van der Waals surface area (Å²) in [5.74, 6) is 0. The molecule has 1 aliphatic rings. The topological polar surface area (TPSA) is 85.1 Å². The minimum absolute atomic E-state index is 0.216. The third kappa shape index (κ3) is 5.48. The number of anilines is 1. The number of hydrazine groups is 1. The molecule has 158 valence electrons. The van der Waals surface area contributed by atoms with E-state index in [-0.39, 0.29) is 4.90 Å². The molecule has 2 aromatic rings. The Hall–Kier alpha value is -1.68. The Kier molecular flexibility index (Phi) is 7.88.